The monoisotopic (exact) mass is 542 g/mol. The van der Waals surface area contributed by atoms with Gasteiger partial charge in [-0.2, -0.15) is 5.10 Å². The minimum absolute atomic E-state index is 0.0371. The highest BCUT2D eigenvalue weighted by molar-refractivity contribution is 5.94. The highest BCUT2D eigenvalue weighted by atomic mass is 16.3. The van der Waals surface area contributed by atoms with Crippen molar-refractivity contribution < 1.29 is 24.3 Å². The standard InChI is InChI=1S/C25H36N8O3.CH2O2/c1-30-17-10-11-19-18(16-17)22(29-31(19)2)24(35)26-12-7-14-32(13-6-9-21(30)34)25(36)23-28-27-20-8-4-3-5-15-33(20)23;2-1-3/h17H,3-16H2,1-2H3,(H,26,35);1H,(H,2,3). The SMILES string of the molecule is CN1C(=O)CCCN(C(=O)c2nnc3n2CCCCC3)CCCNC(=O)c2nn(C)c3c2CC1CC3.O=CO. The van der Waals surface area contributed by atoms with E-state index in [4.69, 9.17) is 9.90 Å². The van der Waals surface area contributed by atoms with E-state index in [1.165, 1.54) is 0 Å². The lowest BCUT2D eigenvalue weighted by molar-refractivity contribution is -0.132. The van der Waals surface area contributed by atoms with Crippen molar-refractivity contribution in [3.8, 4) is 0 Å². The average molecular weight is 543 g/mol. The quantitative estimate of drug-likeness (QED) is 0.502. The molecule has 2 aliphatic heterocycles. The number of aromatic nitrogens is 5. The Kier molecular flexibility index (Phi) is 9.31. The van der Waals surface area contributed by atoms with E-state index in [0.717, 1.165) is 62.2 Å². The van der Waals surface area contributed by atoms with Gasteiger partial charge in [0.15, 0.2) is 5.69 Å². The third-order valence-electron chi connectivity index (χ3n) is 7.88. The molecule has 2 aromatic rings. The molecule has 3 amide bonds. The zero-order valence-corrected chi connectivity index (χ0v) is 22.8. The maximum Gasteiger partial charge on any atom is 0.291 e. The number of amides is 3. The maximum absolute atomic E-state index is 13.5. The lowest BCUT2D eigenvalue weighted by atomic mass is 9.90. The van der Waals surface area contributed by atoms with Gasteiger partial charge in [-0.1, -0.05) is 6.42 Å². The summed E-state index contributed by atoms with van der Waals surface area (Å²) >= 11 is 0. The molecule has 4 heterocycles. The van der Waals surface area contributed by atoms with Crippen molar-refractivity contribution in [3.63, 3.8) is 0 Å². The summed E-state index contributed by atoms with van der Waals surface area (Å²) in [7, 11) is 3.72. The normalized spacial score (nSPS) is 20.4. The Labute approximate surface area is 227 Å². The van der Waals surface area contributed by atoms with Gasteiger partial charge in [0.2, 0.25) is 11.7 Å². The Morgan fingerprint density at radius 3 is 2.56 bits per heavy atom. The fraction of sp³-hybridized carbons (Fsp3) is 0.654. The van der Waals surface area contributed by atoms with Gasteiger partial charge in [0.05, 0.1) is 0 Å². The molecule has 13 nitrogen and oxygen atoms in total. The van der Waals surface area contributed by atoms with E-state index in [2.05, 4.69) is 20.6 Å². The van der Waals surface area contributed by atoms with Gasteiger partial charge in [0.25, 0.3) is 18.3 Å². The molecule has 212 valence electrons. The van der Waals surface area contributed by atoms with Crippen LogP contribution in [0.4, 0.5) is 0 Å². The third kappa shape index (κ3) is 6.28. The number of nitrogens with one attached hydrogen (secondary N) is 1. The van der Waals surface area contributed by atoms with Crippen molar-refractivity contribution in [2.75, 3.05) is 26.7 Å². The van der Waals surface area contributed by atoms with Crippen molar-refractivity contribution in [2.45, 2.75) is 76.8 Å². The van der Waals surface area contributed by atoms with Gasteiger partial charge in [0, 0.05) is 70.4 Å². The Morgan fingerprint density at radius 2 is 1.77 bits per heavy atom. The van der Waals surface area contributed by atoms with Crippen LogP contribution in [-0.2, 0) is 42.4 Å². The Balaban J connectivity index is 0.00000112. The van der Waals surface area contributed by atoms with Crippen molar-refractivity contribution in [2.24, 2.45) is 7.05 Å². The van der Waals surface area contributed by atoms with E-state index in [-0.39, 0.29) is 30.2 Å². The van der Waals surface area contributed by atoms with Crippen molar-refractivity contribution >= 4 is 24.2 Å². The first kappa shape index (κ1) is 28.2. The van der Waals surface area contributed by atoms with E-state index in [0.29, 0.717) is 56.8 Å². The van der Waals surface area contributed by atoms with E-state index in [9.17, 15) is 14.4 Å². The topological polar surface area (TPSA) is 156 Å². The van der Waals surface area contributed by atoms with E-state index >= 15 is 0 Å². The molecule has 0 fully saturated rings. The van der Waals surface area contributed by atoms with Crippen molar-refractivity contribution in [3.05, 3.63) is 28.6 Å². The molecule has 0 radical (unpaired) electrons. The molecule has 2 N–H and O–H groups in total. The largest absolute Gasteiger partial charge is 0.483 e. The smallest absolute Gasteiger partial charge is 0.291 e. The minimum atomic E-state index is -0.250. The van der Waals surface area contributed by atoms with Gasteiger partial charge in [-0.05, 0) is 44.9 Å². The van der Waals surface area contributed by atoms with Crippen LogP contribution >= 0.6 is 0 Å². The van der Waals surface area contributed by atoms with Gasteiger partial charge in [-0.3, -0.25) is 23.9 Å². The van der Waals surface area contributed by atoms with Gasteiger partial charge in [-0.15, -0.1) is 10.2 Å². The number of fused-ring (bicyclic) bond motifs is 2. The molecule has 0 saturated carbocycles. The summed E-state index contributed by atoms with van der Waals surface area (Å²) in [6.07, 6.45) is 7.86. The Hall–Kier alpha value is -3.77. The fourth-order valence-corrected chi connectivity index (χ4v) is 5.74. The molecule has 5 rings (SSSR count). The number of hydrogen-bond donors (Lipinski definition) is 2. The van der Waals surface area contributed by atoms with E-state index in [1.807, 2.05) is 23.6 Å². The van der Waals surface area contributed by atoms with E-state index < -0.39 is 0 Å². The molecule has 3 aliphatic rings. The van der Waals surface area contributed by atoms with Crippen LogP contribution in [0.3, 0.4) is 0 Å². The summed E-state index contributed by atoms with van der Waals surface area (Å²) in [6.45, 7) is 1.88. The zero-order valence-electron chi connectivity index (χ0n) is 22.8. The number of hydrogen-bond acceptors (Lipinski definition) is 7. The number of carboxylic acid groups (broad SMARTS) is 1. The highest BCUT2D eigenvalue weighted by Gasteiger charge is 2.32. The van der Waals surface area contributed by atoms with Crippen LogP contribution < -0.4 is 5.32 Å². The minimum Gasteiger partial charge on any atom is -0.483 e. The predicted molar refractivity (Wildman–Crippen MR) is 140 cm³/mol. The summed E-state index contributed by atoms with van der Waals surface area (Å²) in [5.41, 5.74) is 2.47. The van der Waals surface area contributed by atoms with Crippen molar-refractivity contribution in [1.29, 1.82) is 0 Å². The van der Waals surface area contributed by atoms with Crippen LogP contribution in [0.2, 0.25) is 0 Å². The van der Waals surface area contributed by atoms with Gasteiger partial charge in [0.1, 0.15) is 5.82 Å². The molecule has 39 heavy (non-hydrogen) atoms. The summed E-state index contributed by atoms with van der Waals surface area (Å²) in [6, 6.07) is 0.0371. The van der Waals surface area contributed by atoms with E-state index in [1.54, 1.807) is 9.58 Å². The summed E-state index contributed by atoms with van der Waals surface area (Å²) in [4.78, 5) is 51.5. The second kappa shape index (κ2) is 12.9. The maximum atomic E-state index is 13.5. The summed E-state index contributed by atoms with van der Waals surface area (Å²) < 4.78 is 3.76. The number of nitrogens with zero attached hydrogens (tertiary/aromatic N) is 7. The fourth-order valence-electron chi connectivity index (χ4n) is 5.74. The molecule has 0 spiro atoms. The molecule has 1 aliphatic carbocycles. The molecule has 1 atom stereocenters. The van der Waals surface area contributed by atoms with Crippen molar-refractivity contribution in [1.82, 2.24) is 39.7 Å². The lowest BCUT2D eigenvalue weighted by Crippen LogP contribution is -2.41. The van der Waals surface area contributed by atoms with Crippen LogP contribution in [0, 0.1) is 0 Å². The Bertz CT molecular complexity index is 1210. The molecule has 0 aromatic carbocycles. The van der Waals surface area contributed by atoms with Crippen LogP contribution in [-0.4, -0.2) is 96.4 Å². The number of aryl methyl sites for hydroxylation is 2. The van der Waals surface area contributed by atoms with Crippen LogP contribution in [0.25, 0.3) is 0 Å². The number of likely N-dealkylation sites (N-methyl/N-ethyl adjacent to an activating group) is 1. The third-order valence-corrected chi connectivity index (χ3v) is 7.88. The molecule has 1 unspecified atom stereocenters. The first-order chi connectivity index (χ1) is 18.8. The number of rotatable bonds is 1. The molecule has 13 heteroatoms. The summed E-state index contributed by atoms with van der Waals surface area (Å²) in [5.74, 6) is 0.975. The van der Waals surface area contributed by atoms with Crippen LogP contribution in [0.1, 0.15) is 83.1 Å². The van der Waals surface area contributed by atoms with Crippen LogP contribution in [0.15, 0.2) is 0 Å². The number of carbonyl (C=O) groups is 4. The van der Waals surface area contributed by atoms with Gasteiger partial charge >= 0.3 is 0 Å². The summed E-state index contributed by atoms with van der Waals surface area (Å²) in [5, 5.41) is 22.9. The highest BCUT2D eigenvalue weighted by Crippen LogP contribution is 2.27. The molecular weight excluding hydrogens is 504 g/mol. The Morgan fingerprint density at radius 1 is 1.00 bits per heavy atom. The molecule has 2 aromatic heterocycles. The first-order valence-corrected chi connectivity index (χ1v) is 13.7. The zero-order chi connectivity index (χ0) is 27.9. The number of carbonyl (C=O) groups excluding carboxylic acids is 3. The van der Waals surface area contributed by atoms with Gasteiger partial charge < -0.3 is 24.8 Å². The predicted octanol–water partition coefficient (Wildman–Crippen LogP) is 0.811. The molecule has 2 bridgehead atoms. The molecule has 0 saturated heterocycles. The second-order valence-electron chi connectivity index (χ2n) is 10.3. The van der Waals surface area contributed by atoms with Gasteiger partial charge in [-0.25, -0.2) is 0 Å². The molecular formula is C26H38N8O5. The lowest BCUT2D eigenvalue weighted by Gasteiger charge is -2.32. The second-order valence-corrected chi connectivity index (χ2v) is 10.3. The van der Waals surface area contributed by atoms with Crippen LogP contribution in [0.5, 0.6) is 0 Å². The average Bonchev–Trinajstić information content (AvgIpc) is 3.39. The first-order valence-electron chi connectivity index (χ1n) is 13.7.